The predicted molar refractivity (Wildman–Crippen MR) is 93.8 cm³/mol. The van der Waals surface area contributed by atoms with Gasteiger partial charge in [0.15, 0.2) is 0 Å². The molecule has 0 N–H and O–H groups in total. The molecular formula is C18H24N4S. The number of rotatable bonds is 3. The van der Waals surface area contributed by atoms with Gasteiger partial charge in [-0.2, -0.15) is 0 Å². The zero-order chi connectivity index (χ0) is 15.6. The largest absolute Gasteiger partial charge is 0.298 e. The molecule has 1 saturated heterocycles. The molecule has 1 aliphatic heterocycles. The summed E-state index contributed by atoms with van der Waals surface area (Å²) in [5, 5.41) is 10.6. The van der Waals surface area contributed by atoms with Crippen molar-refractivity contribution in [2.75, 3.05) is 26.2 Å². The van der Waals surface area contributed by atoms with Gasteiger partial charge < -0.3 is 0 Å². The van der Waals surface area contributed by atoms with Crippen LogP contribution >= 0.6 is 11.3 Å². The molecule has 4 nitrogen and oxygen atoms in total. The first kappa shape index (κ1) is 15.2. The molecule has 1 aliphatic carbocycles. The number of hydrogen-bond donors (Lipinski definition) is 0. The molecule has 5 heteroatoms. The van der Waals surface area contributed by atoms with Crippen molar-refractivity contribution in [3.05, 3.63) is 45.4 Å². The second-order valence-electron chi connectivity index (χ2n) is 6.69. The molecule has 0 unspecified atom stereocenters. The number of hydrogen-bond acceptors (Lipinski definition) is 5. The smallest absolute Gasteiger partial charge is 0.131 e. The fraction of sp³-hybridized carbons (Fsp3) is 0.556. The van der Waals surface area contributed by atoms with Crippen molar-refractivity contribution in [3.8, 4) is 0 Å². The van der Waals surface area contributed by atoms with E-state index in [4.69, 9.17) is 0 Å². The highest BCUT2D eigenvalue weighted by Crippen LogP contribution is 2.25. The Bertz CT molecular complexity index is 661. The highest BCUT2D eigenvalue weighted by Gasteiger charge is 2.27. The minimum atomic E-state index is 0.732. The molecule has 1 aromatic carbocycles. The summed E-state index contributed by atoms with van der Waals surface area (Å²) in [6, 6.07) is 9.70. The number of nitrogens with zero attached hydrogens (tertiary/aromatic N) is 4. The molecule has 2 aromatic rings. The Morgan fingerprint density at radius 2 is 1.87 bits per heavy atom. The summed E-state index contributed by atoms with van der Waals surface area (Å²) >= 11 is 1.73. The first-order valence-corrected chi connectivity index (χ1v) is 9.42. The Kier molecular flexibility index (Phi) is 4.42. The molecule has 2 aliphatic rings. The number of piperazine rings is 1. The van der Waals surface area contributed by atoms with Crippen LogP contribution in [0, 0.1) is 6.92 Å². The molecule has 0 bridgehead atoms. The van der Waals surface area contributed by atoms with Crippen molar-refractivity contribution in [3.63, 3.8) is 0 Å². The second kappa shape index (κ2) is 6.67. The third kappa shape index (κ3) is 3.47. The Labute approximate surface area is 142 Å². The molecule has 23 heavy (non-hydrogen) atoms. The fourth-order valence-electron chi connectivity index (χ4n) is 3.87. The highest BCUT2D eigenvalue weighted by molar-refractivity contribution is 7.11. The van der Waals surface area contributed by atoms with E-state index in [0.29, 0.717) is 0 Å². The van der Waals surface area contributed by atoms with E-state index in [-0.39, 0.29) is 0 Å². The summed E-state index contributed by atoms with van der Waals surface area (Å²) < 4.78 is 0. The van der Waals surface area contributed by atoms with E-state index in [0.717, 1.165) is 35.7 Å². The van der Waals surface area contributed by atoms with Crippen LogP contribution in [0.4, 0.5) is 0 Å². The highest BCUT2D eigenvalue weighted by atomic mass is 32.1. The van der Waals surface area contributed by atoms with E-state index in [1.807, 2.05) is 6.92 Å². The van der Waals surface area contributed by atoms with Gasteiger partial charge in [0.1, 0.15) is 10.0 Å². The van der Waals surface area contributed by atoms with Gasteiger partial charge in [0, 0.05) is 32.2 Å². The molecule has 2 heterocycles. The summed E-state index contributed by atoms with van der Waals surface area (Å²) in [7, 11) is 0. The average Bonchev–Trinajstić information content (AvgIpc) is 3.00. The van der Waals surface area contributed by atoms with Gasteiger partial charge in [0.2, 0.25) is 0 Å². The van der Waals surface area contributed by atoms with Crippen LogP contribution in [0.1, 0.15) is 27.6 Å². The van der Waals surface area contributed by atoms with Crippen LogP contribution in [0.15, 0.2) is 24.3 Å². The minimum absolute atomic E-state index is 0.732. The monoisotopic (exact) mass is 328 g/mol. The van der Waals surface area contributed by atoms with Crippen LogP contribution in [0.2, 0.25) is 0 Å². The van der Waals surface area contributed by atoms with Crippen LogP contribution < -0.4 is 0 Å². The lowest BCUT2D eigenvalue weighted by atomic mass is 9.87. The molecule has 122 valence electrons. The van der Waals surface area contributed by atoms with Crippen LogP contribution in [-0.4, -0.2) is 52.2 Å². The maximum Gasteiger partial charge on any atom is 0.131 e. The molecule has 0 saturated carbocycles. The van der Waals surface area contributed by atoms with Crippen molar-refractivity contribution in [2.24, 2.45) is 0 Å². The normalized spacial score (nSPS) is 22.9. The number of aryl methyl sites for hydroxylation is 2. The second-order valence-corrected chi connectivity index (χ2v) is 7.96. The minimum Gasteiger partial charge on any atom is -0.298 e. The summed E-state index contributed by atoms with van der Waals surface area (Å²) in [4.78, 5) is 5.23. The molecule has 1 atom stereocenters. The van der Waals surface area contributed by atoms with Gasteiger partial charge in [-0.15, -0.1) is 21.5 Å². The van der Waals surface area contributed by atoms with Crippen LogP contribution in [-0.2, 0) is 19.4 Å². The lowest BCUT2D eigenvalue weighted by Gasteiger charge is -2.40. The Morgan fingerprint density at radius 3 is 2.61 bits per heavy atom. The Hall–Kier alpha value is -1.30. The molecule has 1 aromatic heterocycles. The standard InChI is InChI=1S/C18H24N4S/c1-14-19-20-18(23-14)13-21-8-10-22(11-9-21)17-7-6-15-4-2-3-5-16(15)12-17/h2-5,17H,6-13H2,1H3/t17-/m0/s1. The number of aromatic nitrogens is 2. The maximum atomic E-state index is 4.26. The summed E-state index contributed by atoms with van der Waals surface area (Å²) in [6.45, 7) is 7.66. The van der Waals surface area contributed by atoms with Gasteiger partial charge >= 0.3 is 0 Å². The third-order valence-corrected chi connectivity index (χ3v) is 5.99. The van der Waals surface area contributed by atoms with Crippen LogP contribution in [0.3, 0.4) is 0 Å². The topological polar surface area (TPSA) is 32.3 Å². The molecule has 0 amide bonds. The third-order valence-electron chi connectivity index (χ3n) is 5.17. The lowest BCUT2D eigenvalue weighted by molar-refractivity contribution is 0.0855. The summed E-state index contributed by atoms with van der Waals surface area (Å²) in [5.41, 5.74) is 3.13. The van der Waals surface area contributed by atoms with Crippen molar-refractivity contribution in [2.45, 2.75) is 38.8 Å². The predicted octanol–water partition coefficient (Wildman–Crippen LogP) is 2.52. The van der Waals surface area contributed by atoms with Gasteiger partial charge in [-0.1, -0.05) is 24.3 Å². The summed E-state index contributed by atoms with van der Waals surface area (Å²) in [6.07, 6.45) is 3.78. The number of fused-ring (bicyclic) bond motifs is 1. The van der Waals surface area contributed by atoms with Crippen molar-refractivity contribution in [1.82, 2.24) is 20.0 Å². The van der Waals surface area contributed by atoms with Crippen molar-refractivity contribution in [1.29, 1.82) is 0 Å². The van der Waals surface area contributed by atoms with Gasteiger partial charge in [0.05, 0.1) is 6.54 Å². The SMILES string of the molecule is Cc1nnc(CN2CCN([C@H]3CCc4ccccc4C3)CC2)s1. The lowest BCUT2D eigenvalue weighted by Crippen LogP contribution is -2.51. The Morgan fingerprint density at radius 1 is 1.09 bits per heavy atom. The van der Waals surface area contributed by atoms with E-state index in [9.17, 15) is 0 Å². The van der Waals surface area contributed by atoms with E-state index in [1.165, 1.54) is 32.4 Å². The van der Waals surface area contributed by atoms with Gasteiger partial charge in [0.25, 0.3) is 0 Å². The van der Waals surface area contributed by atoms with E-state index in [1.54, 1.807) is 22.5 Å². The van der Waals surface area contributed by atoms with Crippen molar-refractivity contribution < 1.29 is 0 Å². The molecule has 4 rings (SSSR count). The molecule has 0 radical (unpaired) electrons. The first-order valence-electron chi connectivity index (χ1n) is 8.60. The first-order chi connectivity index (χ1) is 11.3. The molecule has 0 spiro atoms. The zero-order valence-electron chi connectivity index (χ0n) is 13.7. The van der Waals surface area contributed by atoms with Gasteiger partial charge in [-0.05, 0) is 37.3 Å². The van der Waals surface area contributed by atoms with Crippen LogP contribution in [0.25, 0.3) is 0 Å². The zero-order valence-corrected chi connectivity index (χ0v) is 14.6. The van der Waals surface area contributed by atoms with E-state index in [2.05, 4.69) is 44.3 Å². The maximum absolute atomic E-state index is 4.26. The van der Waals surface area contributed by atoms with E-state index < -0.39 is 0 Å². The number of benzene rings is 1. The quantitative estimate of drug-likeness (QED) is 0.867. The fourth-order valence-corrected chi connectivity index (χ4v) is 4.62. The van der Waals surface area contributed by atoms with E-state index >= 15 is 0 Å². The van der Waals surface area contributed by atoms with Gasteiger partial charge in [-0.25, -0.2) is 0 Å². The average molecular weight is 328 g/mol. The Balaban J connectivity index is 1.32. The summed E-state index contributed by atoms with van der Waals surface area (Å²) in [5.74, 6) is 0. The van der Waals surface area contributed by atoms with Gasteiger partial charge in [-0.3, -0.25) is 9.80 Å². The van der Waals surface area contributed by atoms with Crippen molar-refractivity contribution >= 4 is 11.3 Å². The molecular weight excluding hydrogens is 304 g/mol. The molecule has 1 fully saturated rings. The van der Waals surface area contributed by atoms with Crippen LogP contribution in [0.5, 0.6) is 0 Å².